The molecular weight excluding hydrogens is 346 g/mol. The molecule has 20 heavy (non-hydrogen) atoms. The van der Waals surface area contributed by atoms with Crippen LogP contribution in [0, 0.1) is 0 Å². The second kappa shape index (κ2) is 7.85. The van der Waals surface area contributed by atoms with Crippen molar-refractivity contribution in [2.24, 2.45) is 0 Å². The molecule has 1 rings (SSSR count). The lowest BCUT2D eigenvalue weighted by atomic mass is 10.1. The third kappa shape index (κ3) is 4.96. The van der Waals surface area contributed by atoms with Crippen molar-refractivity contribution in [2.45, 2.75) is 26.8 Å². The average molecular weight is 366 g/mol. The largest absolute Gasteiger partial charge is 0.490 e. The number of sulfonamides is 1. The Bertz CT molecular complexity index is 533. The Morgan fingerprint density at radius 3 is 2.35 bits per heavy atom. The molecule has 0 heterocycles. The Morgan fingerprint density at radius 2 is 1.80 bits per heavy atom. The van der Waals surface area contributed by atoms with Gasteiger partial charge in [0.1, 0.15) is 4.66 Å². The number of hydrogen-bond acceptors (Lipinski definition) is 4. The predicted molar refractivity (Wildman–Crippen MR) is 83.0 cm³/mol. The van der Waals surface area contributed by atoms with Crippen LogP contribution in [0.1, 0.15) is 32.4 Å². The molecule has 1 N–H and O–H groups in total. The second-order valence-electron chi connectivity index (χ2n) is 4.14. The van der Waals surface area contributed by atoms with E-state index in [0.717, 1.165) is 5.56 Å². The van der Waals surface area contributed by atoms with Gasteiger partial charge in [0.15, 0.2) is 11.5 Å². The average Bonchev–Trinajstić information content (AvgIpc) is 2.40. The van der Waals surface area contributed by atoms with Crippen LogP contribution in [0.4, 0.5) is 0 Å². The van der Waals surface area contributed by atoms with Crippen molar-refractivity contribution < 1.29 is 17.9 Å². The monoisotopic (exact) mass is 365 g/mol. The fourth-order valence-electron chi connectivity index (χ4n) is 1.71. The number of benzene rings is 1. The van der Waals surface area contributed by atoms with Crippen LogP contribution >= 0.6 is 15.9 Å². The summed E-state index contributed by atoms with van der Waals surface area (Å²) in [6.07, 6.45) is 0. The number of rotatable bonds is 8. The molecule has 0 saturated carbocycles. The number of alkyl halides is 1. The molecule has 0 aliphatic heterocycles. The molecule has 1 unspecified atom stereocenters. The maximum absolute atomic E-state index is 11.5. The van der Waals surface area contributed by atoms with E-state index in [1.54, 1.807) is 19.1 Å². The molecule has 0 amide bonds. The molecule has 1 aromatic carbocycles. The molecule has 0 radical (unpaired) electrons. The van der Waals surface area contributed by atoms with Gasteiger partial charge in [0, 0.05) is 6.04 Å². The topological polar surface area (TPSA) is 64.6 Å². The van der Waals surface area contributed by atoms with Crippen LogP contribution < -0.4 is 14.2 Å². The van der Waals surface area contributed by atoms with E-state index in [0.29, 0.717) is 24.7 Å². The highest BCUT2D eigenvalue weighted by Gasteiger charge is 2.16. The van der Waals surface area contributed by atoms with Gasteiger partial charge in [-0.25, -0.2) is 13.1 Å². The van der Waals surface area contributed by atoms with Gasteiger partial charge in [0.25, 0.3) is 0 Å². The quantitative estimate of drug-likeness (QED) is 0.719. The summed E-state index contributed by atoms with van der Waals surface area (Å²) in [5.74, 6) is 1.28. The van der Waals surface area contributed by atoms with Gasteiger partial charge >= 0.3 is 0 Å². The normalized spacial score (nSPS) is 13.0. The van der Waals surface area contributed by atoms with Crippen molar-refractivity contribution in [3.05, 3.63) is 23.8 Å². The Balaban J connectivity index is 2.98. The Labute approximate surface area is 128 Å². The van der Waals surface area contributed by atoms with Crippen molar-refractivity contribution in [3.63, 3.8) is 0 Å². The van der Waals surface area contributed by atoms with E-state index >= 15 is 0 Å². The van der Waals surface area contributed by atoms with Crippen molar-refractivity contribution in [2.75, 3.05) is 17.9 Å². The highest BCUT2D eigenvalue weighted by atomic mass is 79.9. The van der Waals surface area contributed by atoms with Crippen molar-refractivity contribution in [1.82, 2.24) is 4.72 Å². The molecule has 5 nitrogen and oxygen atoms in total. The van der Waals surface area contributed by atoms with E-state index in [9.17, 15) is 8.42 Å². The highest BCUT2D eigenvalue weighted by Crippen LogP contribution is 2.30. The van der Waals surface area contributed by atoms with Crippen LogP contribution in [-0.4, -0.2) is 26.3 Å². The molecular formula is C13H20BrNO4S. The first-order valence-electron chi connectivity index (χ1n) is 6.39. The zero-order valence-corrected chi connectivity index (χ0v) is 14.3. The van der Waals surface area contributed by atoms with E-state index in [1.807, 2.05) is 19.9 Å². The Hall–Kier alpha value is -0.790. The van der Waals surface area contributed by atoms with Crippen LogP contribution in [0.5, 0.6) is 11.5 Å². The minimum absolute atomic E-state index is 0.125. The molecule has 0 aliphatic rings. The van der Waals surface area contributed by atoms with E-state index in [1.165, 1.54) is 0 Å². The molecule has 0 fully saturated rings. The molecule has 0 saturated heterocycles. The lowest BCUT2D eigenvalue weighted by Gasteiger charge is -2.17. The Morgan fingerprint density at radius 1 is 1.20 bits per heavy atom. The minimum Gasteiger partial charge on any atom is -0.490 e. The van der Waals surface area contributed by atoms with Gasteiger partial charge < -0.3 is 9.47 Å². The molecule has 0 aliphatic carbocycles. The van der Waals surface area contributed by atoms with Gasteiger partial charge in [-0.3, -0.25) is 0 Å². The van der Waals surface area contributed by atoms with E-state index < -0.39 is 10.0 Å². The van der Waals surface area contributed by atoms with Gasteiger partial charge in [-0.15, -0.1) is 0 Å². The fourth-order valence-corrected chi connectivity index (χ4v) is 2.84. The molecule has 1 aromatic rings. The molecule has 1 atom stereocenters. The second-order valence-corrected chi connectivity index (χ2v) is 7.19. The molecule has 0 spiro atoms. The summed E-state index contributed by atoms with van der Waals surface area (Å²) in [6, 6.07) is 5.08. The van der Waals surface area contributed by atoms with Crippen LogP contribution in [-0.2, 0) is 10.0 Å². The molecule has 7 heteroatoms. The molecule has 0 bridgehead atoms. The maximum atomic E-state index is 11.5. The van der Waals surface area contributed by atoms with Crippen LogP contribution in [0.25, 0.3) is 0 Å². The van der Waals surface area contributed by atoms with Crippen LogP contribution in [0.3, 0.4) is 0 Å². The maximum Gasteiger partial charge on any atom is 0.222 e. The Kier molecular flexibility index (Phi) is 6.78. The molecule has 0 aromatic heterocycles. The van der Waals surface area contributed by atoms with Gasteiger partial charge in [-0.2, -0.15) is 0 Å². The summed E-state index contributed by atoms with van der Waals surface area (Å²) < 4.78 is 36.5. The lowest BCUT2D eigenvalue weighted by molar-refractivity contribution is 0.287. The highest BCUT2D eigenvalue weighted by molar-refractivity contribution is 9.10. The first kappa shape index (κ1) is 17.3. The third-order valence-electron chi connectivity index (χ3n) is 2.57. The van der Waals surface area contributed by atoms with Gasteiger partial charge in [0.05, 0.1) is 13.2 Å². The van der Waals surface area contributed by atoms with Crippen molar-refractivity contribution >= 4 is 26.0 Å². The number of ether oxygens (including phenoxy) is 2. The number of hydrogen-bond donors (Lipinski definition) is 1. The summed E-state index contributed by atoms with van der Waals surface area (Å²) >= 11 is 2.95. The van der Waals surface area contributed by atoms with Crippen LogP contribution in [0.15, 0.2) is 18.2 Å². The lowest BCUT2D eigenvalue weighted by Crippen LogP contribution is -2.27. The summed E-state index contributed by atoms with van der Waals surface area (Å²) in [5, 5.41) is 0. The van der Waals surface area contributed by atoms with Crippen molar-refractivity contribution in [3.8, 4) is 11.5 Å². The van der Waals surface area contributed by atoms with Crippen LogP contribution in [0.2, 0.25) is 0 Å². The minimum atomic E-state index is -3.32. The summed E-state index contributed by atoms with van der Waals surface area (Å²) in [5.41, 5.74) is 0.821. The predicted octanol–water partition coefficient (Wildman–Crippen LogP) is 2.82. The van der Waals surface area contributed by atoms with E-state index in [4.69, 9.17) is 9.47 Å². The smallest absolute Gasteiger partial charge is 0.222 e. The van der Waals surface area contributed by atoms with Gasteiger partial charge in [-0.05, 0) is 38.5 Å². The SMILES string of the molecule is CCOc1ccc(C(C)NS(=O)(=O)CBr)cc1OCC. The van der Waals surface area contributed by atoms with E-state index in [-0.39, 0.29) is 10.7 Å². The van der Waals surface area contributed by atoms with Gasteiger partial charge in [-0.1, -0.05) is 22.0 Å². The zero-order chi connectivity index (χ0) is 15.2. The van der Waals surface area contributed by atoms with Crippen molar-refractivity contribution in [1.29, 1.82) is 0 Å². The third-order valence-corrected chi connectivity index (χ3v) is 5.38. The first-order chi connectivity index (χ1) is 9.43. The summed E-state index contributed by atoms with van der Waals surface area (Å²) in [4.78, 5) is 0. The number of halogens is 1. The summed E-state index contributed by atoms with van der Waals surface area (Å²) in [7, 11) is -3.32. The fraction of sp³-hybridized carbons (Fsp3) is 0.538. The van der Waals surface area contributed by atoms with Gasteiger partial charge in [0.2, 0.25) is 10.0 Å². The number of nitrogens with one attached hydrogen (secondary N) is 1. The first-order valence-corrected chi connectivity index (χ1v) is 9.16. The van der Waals surface area contributed by atoms with E-state index in [2.05, 4.69) is 20.7 Å². The summed E-state index contributed by atoms with van der Waals surface area (Å²) in [6.45, 7) is 6.64. The standard InChI is InChI=1S/C13H20BrNO4S/c1-4-18-12-7-6-11(8-13(12)19-5-2)10(3)15-20(16,17)9-14/h6-8,10,15H,4-5,9H2,1-3H3. The molecule has 114 valence electrons. The zero-order valence-electron chi connectivity index (χ0n) is 11.8.